The van der Waals surface area contributed by atoms with Crippen molar-refractivity contribution < 1.29 is 27.4 Å². The number of rotatable bonds is 4. The molecule has 4 nitrogen and oxygen atoms in total. The van der Waals surface area contributed by atoms with Gasteiger partial charge in [-0.3, -0.25) is 0 Å². The van der Waals surface area contributed by atoms with Crippen molar-refractivity contribution in [3.05, 3.63) is 53.1 Å². The molecule has 0 saturated carbocycles. The van der Waals surface area contributed by atoms with E-state index in [9.17, 15) is 18.4 Å². The van der Waals surface area contributed by atoms with Gasteiger partial charge in [-0.15, -0.1) is 0 Å². The molecule has 0 radical (unpaired) electrons. The number of alkyl halides is 3. The van der Waals surface area contributed by atoms with Crippen molar-refractivity contribution in [1.82, 2.24) is 0 Å². The van der Waals surface area contributed by atoms with Crippen LogP contribution in [-0.2, 0) is 6.18 Å². The van der Waals surface area contributed by atoms with Gasteiger partial charge in [0.1, 0.15) is 5.75 Å². The largest absolute Gasteiger partial charge is 0.493 e. The third kappa shape index (κ3) is 3.59. The Morgan fingerprint density at radius 1 is 1.19 bits per heavy atom. The van der Waals surface area contributed by atoms with Crippen LogP contribution in [0.4, 0.5) is 13.2 Å². The summed E-state index contributed by atoms with van der Waals surface area (Å²) in [6, 6.07) is 9.79. The Kier molecular flexibility index (Phi) is 4.76. The molecule has 1 aliphatic rings. The monoisotopic (exact) mass is 361 g/mol. The first-order chi connectivity index (χ1) is 12.4. The molecule has 3 rings (SSSR count). The summed E-state index contributed by atoms with van der Waals surface area (Å²) in [5.74, 6) is 1.56. The van der Waals surface area contributed by atoms with Crippen molar-refractivity contribution in [2.24, 2.45) is 0 Å². The number of hydrogen-bond acceptors (Lipinski definition) is 4. The standard InChI is InChI=1S/C19H14F3NO3/c1-2-24-16-9-18-17(25-11-26-18)8-13(16)7-14(10-23)12-3-5-15(6-4-12)19(20,21)22/h3-9H,2,11H2,1H3/b14-7-. The Morgan fingerprint density at radius 2 is 1.85 bits per heavy atom. The van der Waals surface area contributed by atoms with E-state index in [1.807, 2.05) is 13.0 Å². The number of allylic oxidation sites excluding steroid dienone is 1. The summed E-state index contributed by atoms with van der Waals surface area (Å²) in [7, 11) is 0. The van der Waals surface area contributed by atoms with Crippen LogP contribution in [0.3, 0.4) is 0 Å². The van der Waals surface area contributed by atoms with E-state index < -0.39 is 11.7 Å². The normalized spacial score (nSPS) is 13.4. The zero-order valence-corrected chi connectivity index (χ0v) is 13.8. The maximum Gasteiger partial charge on any atom is 0.416 e. The SMILES string of the molecule is CCOc1cc2c(cc1/C=C(/C#N)c1ccc(C(F)(F)F)cc1)OCO2. The fourth-order valence-electron chi connectivity index (χ4n) is 2.51. The third-order valence-electron chi connectivity index (χ3n) is 3.75. The molecule has 0 amide bonds. The summed E-state index contributed by atoms with van der Waals surface area (Å²) in [5.41, 5.74) is 0.392. The average molecular weight is 361 g/mol. The van der Waals surface area contributed by atoms with Crippen LogP contribution in [0.2, 0.25) is 0 Å². The van der Waals surface area contributed by atoms with Gasteiger partial charge in [-0.1, -0.05) is 12.1 Å². The Balaban J connectivity index is 2.00. The number of benzene rings is 2. The van der Waals surface area contributed by atoms with Gasteiger partial charge in [0.15, 0.2) is 11.5 Å². The van der Waals surface area contributed by atoms with E-state index in [4.69, 9.17) is 14.2 Å². The summed E-state index contributed by atoms with van der Waals surface area (Å²) in [4.78, 5) is 0. The molecule has 0 aromatic heterocycles. The van der Waals surface area contributed by atoms with Gasteiger partial charge < -0.3 is 14.2 Å². The van der Waals surface area contributed by atoms with Gasteiger partial charge in [-0.25, -0.2) is 0 Å². The van der Waals surface area contributed by atoms with Gasteiger partial charge in [0.25, 0.3) is 0 Å². The molecular weight excluding hydrogens is 347 g/mol. The molecule has 0 saturated heterocycles. The zero-order chi connectivity index (χ0) is 18.7. The number of halogens is 3. The molecule has 26 heavy (non-hydrogen) atoms. The van der Waals surface area contributed by atoms with Crippen LogP contribution in [0.15, 0.2) is 36.4 Å². The van der Waals surface area contributed by atoms with Crippen LogP contribution in [0.1, 0.15) is 23.6 Å². The lowest BCUT2D eigenvalue weighted by Crippen LogP contribution is -2.04. The Bertz CT molecular complexity index is 881. The zero-order valence-electron chi connectivity index (χ0n) is 13.8. The van der Waals surface area contributed by atoms with Gasteiger partial charge in [0, 0.05) is 11.6 Å². The van der Waals surface area contributed by atoms with E-state index in [-0.39, 0.29) is 12.4 Å². The molecule has 0 spiro atoms. The van der Waals surface area contributed by atoms with Crippen LogP contribution in [-0.4, -0.2) is 13.4 Å². The Morgan fingerprint density at radius 3 is 2.42 bits per heavy atom. The molecule has 2 aromatic rings. The number of hydrogen-bond donors (Lipinski definition) is 0. The molecule has 0 atom stereocenters. The molecule has 0 fully saturated rings. The van der Waals surface area contributed by atoms with Crippen molar-refractivity contribution in [1.29, 1.82) is 5.26 Å². The smallest absolute Gasteiger partial charge is 0.416 e. The Hall–Kier alpha value is -3.14. The molecular formula is C19H14F3NO3. The lowest BCUT2D eigenvalue weighted by molar-refractivity contribution is -0.137. The minimum Gasteiger partial charge on any atom is -0.493 e. The fourth-order valence-corrected chi connectivity index (χ4v) is 2.51. The van der Waals surface area contributed by atoms with Crippen LogP contribution >= 0.6 is 0 Å². The minimum absolute atomic E-state index is 0.0953. The highest BCUT2D eigenvalue weighted by Crippen LogP contribution is 2.39. The molecule has 1 heterocycles. The second-order valence-electron chi connectivity index (χ2n) is 5.42. The summed E-state index contributed by atoms with van der Waals surface area (Å²) in [6.07, 6.45) is -2.87. The van der Waals surface area contributed by atoms with Crippen LogP contribution in [0.5, 0.6) is 17.2 Å². The predicted molar refractivity (Wildman–Crippen MR) is 88.7 cm³/mol. The van der Waals surface area contributed by atoms with Crippen molar-refractivity contribution in [2.75, 3.05) is 13.4 Å². The lowest BCUT2D eigenvalue weighted by Gasteiger charge is -2.10. The number of fused-ring (bicyclic) bond motifs is 1. The Labute approximate surface area is 148 Å². The number of nitriles is 1. The van der Waals surface area contributed by atoms with Crippen molar-refractivity contribution in [2.45, 2.75) is 13.1 Å². The molecule has 7 heteroatoms. The molecule has 1 aliphatic heterocycles. The van der Waals surface area contributed by atoms with Gasteiger partial charge in [0.2, 0.25) is 6.79 Å². The van der Waals surface area contributed by atoms with E-state index in [1.54, 1.807) is 18.2 Å². The van der Waals surface area contributed by atoms with Gasteiger partial charge in [0.05, 0.1) is 23.8 Å². The van der Waals surface area contributed by atoms with Crippen molar-refractivity contribution >= 4 is 11.6 Å². The second kappa shape index (κ2) is 7.00. The summed E-state index contributed by atoms with van der Waals surface area (Å²) >= 11 is 0. The van der Waals surface area contributed by atoms with Crippen molar-refractivity contribution in [3.63, 3.8) is 0 Å². The number of ether oxygens (including phenoxy) is 3. The van der Waals surface area contributed by atoms with Crippen LogP contribution in [0.25, 0.3) is 11.6 Å². The molecule has 0 aliphatic carbocycles. The molecule has 0 unspecified atom stereocenters. The first-order valence-corrected chi connectivity index (χ1v) is 7.78. The molecule has 134 valence electrons. The van der Waals surface area contributed by atoms with E-state index in [2.05, 4.69) is 0 Å². The minimum atomic E-state index is -4.42. The topological polar surface area (TPSA) is 51.5 Å². The second-order valence-corrected chi connectivity index (χ2v) is 5.42. The highest BCUT2D eigenvalue weighted by atomic mass is 19.4. The van der Waals surface area contributed by atoms with Gasteiger partial charge in [-0.05, 0) is 36.8 Å². The third-order valence-corrected chi connectivity index (χ3v) is 3.75. The highest BCUT2D eigenvalue weighted by Gasteiger charge is 2.30. The van der Waals surface area contributed by atoms with Gasteiger partial charge >= 0.3 is 6.18 Å². The fraction of sp³-hybridized carbons (Fsp3) is 0.211. The molecule has 0 bridgehead atoms. The lowest BCUT2D eigenvalue weighted by atomic mass is 10.0. The van der Waals surface area contributed by atoms with E-state index >= 15 is 0 Å². The van der Waals surface area contributed by atoms with E-state index in [1.165, 1.54) is 12.1 Å². The molecule has 2 aromatic carbocycles. The quantitative estimate of drug-likeness (QED) is 0.574. The number of nitrogens with zero attached hydrogens (tertiary/aromatic N) is 1. The summed E-state index contributed by atoms with van der Waals surface area (Å²) in [5, 5.41) is 9.45. The maximum absolute atomic E-state index is 12.7. The van der Waals surface area contributed by atoms with E-state index in [0.29, 0.717) is 35.0 Å². The first kappa shape index (κ1) is 17.7. The average Bonchev–Trinajstić information content (AvgIpc) is 3.06. The van der Waals surface area contributed by atoms with E-state index in [0.717, 1.165) is 12.1 Å². The maximum atomic E-state index is 12.7. The highest BCUT2D eigenvalue weighted by molar-refractivity contribution is 5.91. The predicted octanol–water partition coefficient (Wildman–Crippen LogP) is 4.90. The molecule has 0 N–H and O–H groups in total. The van der Waals surface area contributed by atoms with Crippen LogP contribution < -0.4 is 14.2 Å². The summed E-state index contributed by atoms with van der Waals surface area (Å²) < 4.78 is 54.3. The van der Waals surface area contributed by atoms with Crippen LogP contribution in [0, 0.1) is 11.3 Å². The first-order valence-electron chi connectivity index (χ1n) is 7.78. The van der Waals surface area contributed by atoms with Crippen molar-refractivity contribution in [3.8, 4) is 23.3 Å². The summed E-state index contributed by atoms with van der Waals surface area (Å²) in [6.45, 7) is 2.32. The van der Waals surface area contributed by atoms with Gasteiger partial charge in [-0.2, -0.15) is 18.4 Å².